The van der Waals surface area contributed by atoms with E-state index in [4.69, 9.17) is 0 Å². The van der Waals surface area contributed by atoms with Crippen LogP contribution in [0.5, 0.6) is 0 Å². The van der Waals surface area contributed by atoms with Gasteiger partial charge in [0.25, 0.3) is 0 Å². The van der Waals surface area contributed by atoms with E-state index in [1.807, 2.05) is 0 Å². The van der Waals surface area contributed by atoms with Gasteiger partial charge in [-0.05, 0) is 32.0 Å². The second kappa shape index (κ2) is 3.24. The molecule has 2 heteroatoms. The van der Waals surface area contributed by atoms with Crippen LogP contribution >= 0.6 is 0 Å². The molecule has 2 nitrogen and oxygen atoms in total. The topological polar surface area (TPSA) is 6.48 Å². The van der Waals surface area contributed by atoms with Gasteiger partial charge in [-0.2, -0.15) is 0 Å². The molecule has 1 saturated carbocycles. The highest BCUT2D eigenvalue weighted by Crippen LogP contribution is 2.45. The molecule has 1 aliphatic heterocycles. The monoisotopic (exact) mass is 202 g/mol. The van der Waals surface area contributed by atoms with Gasteiger partial charge in [-0.25, -0.2) is 0 Å². The van der Waals surface area contributed by atoms with E-state index in [-0.39, 0.29) is 0 Å². The summed E-state index contributed by atoms with van der Waals surface area (Å²) >= 11 is 0. The molecule has 0 unspecified atom stereocenters. The standard InChI is InChI=1S/C13H18N2/c1-14-9-10-15(13(11-14)7-8-13)12-5-3-2-4-6-12/h2-6H,7-11H2,1H3. The molecule has 2 aliphatic rings. The van der Waals surface area contributed by atoms with Crippen LogP contribution in [0.15, 0.2) is 30.3 Å². The largest absolute Gasteiger partial charge is 0.363 e. The number of benzene rings is 1. The molecule has 1 spiro atoms. The lowest BCUT2D eigenvalue weighted by Crippen LogP contribution is -2.53. The Morgan fingerprint density at radius 3 is 2.47 bits per heavy atom. The summed E-state index contributed by atoms with van der Waals surface area (Å²) in [4.78, 5) is 5.08. The molecule has 1 aromatic carbocycles. The van der Waals surface area contributed by atoms with Gasteiger partial charge >= 0.3 is 0 Å². The average Bonchev–Trinajstić information content (AvgIpc) is 2.99. The van der Waals surface area contributed by atoms with Crippen molar-refractivity contribution >= 4 is 5.69 Å². The third kappa shape index (κ3) is 1.53. The zero-order chi connectivity index (χ0) is 10.3. The Morgan fingerprint density at radius 1 is 1.07 bits per heavy atom. The zero-order valence-electron chi connectivity index (χ0n) is 9.32. The van der Waals surface area contributed by atoms with Gasteiger partial charge in [0.1, 0.15) is 0 Å². The van der Waals surface area contributed by atoms with Gasteiger partial charge < -0.3 is 9.80 Å². The van der Waals surface area contributed by atoms with Crippen molar-refractivity contribution in [1.29, 1.82) is 0 Å². The Hall–Kier alpha value is -1.02. The van der Waals surface area contributed by atoms with Crippen molar-refractivity contribution in [1.82, 2.24) is 4.90 Å². The minimum Gasteiger partial charge on any atom is -0.363 e. The summed E-state index contributed by atoms with van der Waals surface area (Å²) in [7, 11) is 2.24. The normalized spacial score (nSPS) is 24.5. The van der Waals surface area contributed by atoms with Gasteiger partial charge in [-0.3, -0.25) is 0 Å². The molecule has 15 heavy (non-hydrogen) atoms. The summed E-state index contributed by atoms with van der Waals surface area (Å²) in [6.07, 6.45) is 2.73. The maximum atomic E-state index is 2.62. The van der Waals surface area contributed by atoms with E-state index in [0.717, 1.165) is 0 Å². The van der Waals surface area contributed by atoms with Crippen LogP contribution in [0, 0.1) is 0 Å². The predicted octanol–water partition coefficient (Wildman–Crippen LogP) is 1.97. The average molecular weight is 202 g/mol. The molecular weight excluding hydrogens is 184 g/mol. The second-order valence-corrected chi connectivity index (χ2v) is 4.95. The summed E-state index contributed by atoms with van der Waals surface area (Å²) in [6.45, 7) is 3.61. The number of anilines is 1. The lowest BCUT2D eigenvalue weighted by Gasteiger charge is -2.42. The van der Waals surface area contributed by atoms with Gasteiger partial charge in [0, 0.05) is 25.3 Å². The van der Waals surface area contributed by atoms with Crippen LogP contribution in [0.4, 0.5) is 5.69 Å². The molecule has 3 rings (SSSR count). The first-order chi connectivity index (χ1) is 7.30. The molecule has 0 aromatic heterocycles. The highest BCUT2D eigenvalue weighted by atomic mass is 15.3. The second-order valence-electron chi connectivity index (χ2n) is 4.95. The van der Waals surface area contributed by atoms with E-state index in [0.29, 0.717) is 5.54 Å². The first-order valence-corrected chi connectivity index (χ1v) is 5.81. The van der Waals surface area contributed by atoms with Crippen molar-refractivity contribution in [2.75, 3.05) is 31.6 Å². The van der Waals surface area contributed by atoms with E-state index >= 15 is 0 Å². The summed E-state index contributed by atoms with van der Waals surface area (Å²) in [5.74, 6) is 0. The number of nitrogens with zero attached hydrogens (tertiary/aromatic N) is 2. The van der Waals surface area contributed by atoms with E-state index in [1.165, 1.54) is 38.2 Å². The fourth-order valence-corrected chi connectivity index (χ4v) is 2.76. The zero-order valence-corrected chi connectivity index (χ0v) is 9.32. The van der Waals surface area contributed by atoms with Gasteiger partial charge in [-0.1, -0.05) is 18.2 Å². The van der Waals surface area contributed by atoms with E-state index in [9.17, 15) is 0 Å². The van der Waals surface area contributed by atoms with Crippen LogP contribution in [-0.2, 0) is 0 Å². The van der Waals surface area contributed by atoms with Crippen molar-refractivity contribution in [3.8, 4) is 0 Å². The number of rotatable bonds is 1. The highest BCUT2D eigenvalue weighted by Gasteiger charge is 2.50. The first-order valence-electron chi connectivity index (χ1n) is 5.81. The van der Waals surface area contributed by atoms with Gasteiger partial charge in [0.15, 0.2) is 0 Å². The Morgan fingerprint density at radius 2 is 1.80 bits per heavy atom. The molecule has 0 bridgehead atoms. The third-order valence-corrected chi connectivity index (χ3v) is 3.74. The van der Waals surface area contributed by atoms with E-state index < -0.39 is 0 Å². The minimum atomic E-state index is 0.481. The number of hydrogen-bond donors (Lipinski definition) is 0. The molecular formula is C13H18N2. The third-order valence-electron chi connectivity index (χ3n) is 3.74. The molecule has 0 radical (unpaired) electrons. The van der Waals surface area contributed by atoms with Crippen LogP contribution in [-0.4, -0.2) is 37.1 Å². The van der Waals surface area contributed by atoms with Gasteiger partial charge in [-0.15, -0.1) is 0 Å². The fraction of sp³-hybridized carbons (Fsp3) is 0.538. The van der Waals surface area contributed by atoms with Crippen LogP contribution < -0.4 is 4.90 Å². The lowest BCUT2D eigenvalue weighted by molar-refractivity contribution is 0.257. The minimum absolute atomic E-state index is 0.481. The molecule has 1 aromatic rings. The molecule has 2 fully saturated rings. The van der Waals surface area contributed by atoms with Crippen molar-refractivity contribution < 1.29 is 0 Å². The molecule has 1 heterocycles. The molecule has 80 valence electrons. The Labute approximate surface area is 91.5 Å². The first kappa shape index (κ1) is 9.22. The highest BCUT2D eigenvalue weighted by molar-refractivity contribution is 5.51. The Bertz CT molecular complexity index is 343. The van der Waals surface area contributed by atoms with Crippen LogP contribution in [0.25, 0.3) is 0 Å². The lowest BCUT2D eigenvalue weighted by atomic mass is 10.1. The quantitative estimate of drug-likeness (QED) is 0.687. The van der Waals surface area contributed by atoms with Crippen LogP contribution in [0.3, 0.4) is 0 Å². The number of piperazine rings is 1. The molecule has 0 N–H and O–H groups in total. The summed E-state index contributed by atoms with van der Waals surface area (Å²) in [6, 6.07) is 10.9. The van der Waals surface area contributed by atoms with Gasteiger partial charge in [0.05, 0.1) is 5.54 Å². The van der Waals surface area contributed by atoms with E-state index in [2.05, 4.69) is 47.2 Å². The summed E-state index contributed by atoms with van der Waals surface area (Å²) < 4.78 is 0. The maximum Gasteiger partial charge on any atom is 0.0531 e. The molecule has 1 aliphatic carbocycles. The molecule has 0 atom stereocenters. The Kier molecular flexibility index (Phi) is 1.99. The van der Waals surface area contributed by atoms with Crippen LogP contribution in [0.2, 0.25) is 0 Å². The summed E-state index contributed by atoms with van der Waals surface area (Å²) in [5.41, 5.74) is 1.89. The van der Waals surface area contributed by atoms with Crippen molar-refractivity contribution in [2.45, 2.75) is 18.4 Å². The predicted molar refractivity (Wildman–Crippen MR) is 63.3 cm³/mol. The SMILES string of the molecule is CN1CCN(c2ccccc2)C2(CC2)C1. The van der Waals surface area contributed by atoms with Crippen molar-refractivity contribution in [3.05, 3.63) is 30.3 Å². The van der Waals surface area contributed by atoms with Gasteiger partial charge in [0.2, 0.25) is 0 Å². The van der Waals surface area contributed by atoms with Crippen molar-refractivity contribution in [2.24, 2.45) is 0 Å². The molecule has 1 saturated heterocycles. The van der Waals surface area contributed by atoms with E-state index in [1.54, 1.807) is 0 Å². The molecule has 0 amide bonds. The van der Waals surface area contributed by atoms with Crippen molar-refractivity contribution in [3.63, 3.8) is 0 Å². The summed E-state index contributed by atoms with van der Waals surface area (Å²) in [5, 5.41) is 0. The maximum absolute atomic E-state index is 2.62. The fourth-order valence-electron chi connectivity index (χ4n) is 2.76. The number of likely N-dealkylation sites (N-methyl/N-ethyl adjacent to an activating group) is 1. The Balaban J connectivity index is 1.87. The van der Waals surface area contributed by atoms with Crippen LogP contribution in [0.1, 0.15) is 12.8 Å². The number of hydrogen-bond acceptors (Lipinski definition) is 2. The number of para-hydroxylation sites is 1. The smallest absolute Gasteiger partial charge is 0.0531 e.